The molecular weight excluding hydrogens is 519 g/mol. The SMILES string of the molecule is COc1ccc(CN=C(NCc2nnc(C)n2C)NCC(O)c2cccc(C)c2)cc1.I. The van der Waals surface area contributed by atoms with Crippen LogP contribution in [0.5, 0.6) is 5.75 Å². The molecule has 0 fully saturated rings. The third kappa shape index (κ3) is 7.20. The van der Waals surface area contributed by atoms with Crippen LogP contribution in [-0.4, -0.2) is 39.5 Å². The van der Waals surface area contributed by atoms with Crippen LogP contribution in [0.1, 0.15) is 34.4 Å². The molecule has 0 radical (unpaired) electrons. The first-order valence-corrected chi connectivity index (χ1v) is 10.2. The fraction of sp³-hybridized carbons (Fsp3) is 0.348. The van der Waals surface area contributed by atoms with Crippen LogP contribution in [-0.2, 0) is 20.1 Å². The van der Waals surface area contributed by atoms with Gasteiger partial charge in [0, 0.05) is 13.6 Å². The van der Waals surface area contributed by atoms with Gasteiger partial charge < -0.3 is 25.0 Å². The second kappa shape index (κ2) is 12.4. The number of benzene rings is 2. The van der Waals surface area contributed by atoms with Crippen molar-refractivity contribution >= 4 is 29.9 Å². The molecule has 0 spiro atoms. The van der Waals surface area contributed by atoms with Crippen LogP contribution in [0.15, 0.2) is 53.5 Å². The summed E-state index contributed by atoms with van der Waals surface area (Å²) in [6.07, 6.45) is -0.648. The van der Waals surface area contributed by atoms with Gasteiger partial charge in [-0.15, -0.1) is 34.2 Å². The van der Waals surface area contributed by atoms with Crippen LogP contribution in [0.3, 0.4) is 0 Å². The summed E-state index contributed by atoms with van der Waals surface area (Å²) < 4.78 is 7.13. The molecule has 0 aliphatic carbocycles. The van der Waals surface area contributed by atoms with Gasteiger partial charge in [0.2, 0.25) is 0 Å². The molecule has 1 atom stereocenters. The predicted octanol–water partition coefficient (Wildman–Crippen LogP) is 3.03. The number of nitrogens with one attached hydrogen (secondary N) is 2. The number of aliphatic imine (C=N–C) groups is 1. The molecule has 0 amide bonds. The Labute approximate surface area is 206 Å². The Morgan fingerprint density at radius 3 is 2.50 bits per heavy atom. The van der Waals surface area contributed by atoms with Crippen molar-refractivity contribution in [3.05, 3.63) is 76.9 Å². The summed E-state index contributed by atoms with van der Waals surface area (Å²) in [6, 6.07) is 15.6. The number of hydrogen-bond donors (Lipinski definition) is 3. The predicted molar refractivity (Wildman–Crippen MR) is 136 cm³/mol. The Kier molecular flexibility index (Phi) is 9.92. The van der Waals surface area contributed by atoms with Gasteiger partial charge in [0.25, 0.3) is 0 Å². The van der Waals surface area contributed by atoms with E-state index in [1.54, 1.807) is 7.11 Å². The maximum absolute atomic E-state index is 10.6. The van der Waals surface area contributed by atoms with Crippen molar-refractivity contribution in [2.75, 3.05) is 13.7 Å². The second-order valence-corrected chi connectivity index (χ2v) is 7.40. The largest absolute Gasteiger partial charge is 0.497 e. The number of guanidine groups is 1. The number of aromatic nitrogens is 3. The minimum absolute atomic E-state index is 0. The lowest BCUT2D eigenvalue weighted by atomic mass is 10.1. The molecule has 32 heavy (non-hydrogen) atoms. The Morgan fingerprint density at radius 1 is 1.12 bits per heavy atom. The summed E-state index contributed by atoms with van der Waals surface area (Å²) in [6.45, 7) is 5.20. The lowest BCUT2D eigenvalue weighted by molar-refractivity contribution is 0.180. The average molecular weight is 550 g/mol. The van der Waals surface area contributed by atoms with E-state index in [1.165, 1.54) is 0 Å². The first-order chi connectivity index (χ1) is 15.0. The van der Waals surface area contributed by atoms with Crippen molar-refractivity contribution in [2.45, 2.75) is 33.0 Å². The highest BCUT2D eigenvalue weighted by molar-refractivity contribution is 14.0. The number of hydrogen-bond acceptors (Lipinski definition) is 5. The Morgan fingerprint density at radius 2 is 1.88 bits per heavy atom. The van der Waals surface area contributed by atoms with Gasteiger partial charge in [-0.2, -0.15) is 0 Å². The fourth-order valence-corrected chi connectivity index (χ4v) is 3.03. The number of methoxy groups -OCH3 is 1. The molecule has 3 rings (SSSR count). The average Bonchev–Trinajstić information content (AvgIpc) is 3.11. The van der Waals surface area contributed by atoms with Crippen molar-refractivity contribution in [2.24, 2.45) is 12.0 Å². The topological polar surface area (TPSA) is 96.6 Å². The zero-order chi connectivity index (χ0) is 22.2. The van der Waals surface area contributed by atoms with Gasteiger partial charge in [0.05, 0.1) is 26.3 Å². The highest BCUT2D eigenvalue weighted by Crippen LogP contribution is 2.14. The van der Waals surface area contributed by atoms with Gasteiger partial charge in [-0.3, -0.25) is 0 Å². The van der Waals surface area contributed by atoms with E-state index in [0.29, 0.717) is 25.6 Å². The number of ether oxygens (including phenoxy) is 1. The molecule has 2 aromatic carbocycles. The lowest BCUT2D eigenvalue weighted by Gasteiger charge is -2.16. The Hall–Kier alpha value is -2.66. The number of halogens is 1. The van der Waals surface area contributed by atoms with E-state index in [4.69, 9.17) is 4.74 Å². The van der Waals surface area contributed by atoms with Crippen LogP contribution in [0, 0.1) is 13.8 Å². The van der Waals surface area contributed by atoms with Crippen LogP contribution in [0.2, 0.25) is 0 Å². The fourth-order valence-electron chi connectivity index (χ4n) is 3.03. The third-order valence-corrected chi connectivity index (χ3v) is 5.07. The highest BCUT2D eigenvalue weighted by atomic mass is 127. The summed E-state index contributed by atoms with van der Waals surface area (Å²) in [5, 5.41) is 25.4. The molecule has 1 heterocycles. The molecule has 0 aliphatic heterocycles. The van der Waals surface area contributed by atoms with Crippen molar-refractivity contribution in [3.8, 4) is 5.75 Å². The molecule has 0 bridgehead atoms. The molecule has 1 unspecified atom stereocenters. The number of nitrogens with zero attached hydrogens (tertiary/aromatic N) is 4. The van der Waals surface area contributed by atoms with E-state index in [9.17, 15) is 5.11 Å². The first-order valence-electron chi connectivity index (χ1n) is 10.2. The highest BCUT2D eigenvalue weighted by Gasteiger charge is 2.10. The third-order valence-electron chi connectivity index (χ3n) is 5.07. The van der Waals surface area contributed by atoms with E-state index in [0.717, 1.165) is 34.1 Å². The van der Waals surface area contributed by atoms with Crippen LogP contribution in [0.25, 0.3) is 0 Å². The number of aryl methyl sites for hydroxylation is 2. The molecule has 9 heteroatoms. The molecule has 1 aromatic heterocycles. The Bertz CT molecular complexity index is 1020. The first kappa shape index (κ1) is 25.6. The molecule has 0 saturated carbocycles. The maximum atomic E-state index is 10.6. The molecule has 3 N–H and O–H groups in total. The Balaban J connectivity index is 0.00000363. The molecule has 0 saturated heterocycles. The van der Waals surface area contributed by atoms with Crippen LogP contribution >= 0.6 is 24.0 Å². The summed E-state index contributed by atoms with van der Waals surface area (Å²) >= 11 is 0. The molecule has 8 nitrogen and oxygen atoms in total. The number of aliphatic hydroxyl groups excluding tert-OH is 1. The van der Waals surface area contributed by atoms with Crippen molar-refractivity contribution < 1.29 is 9.84 Å². The van der Waals surface area contributed by atoms with Gasteiger partial charge in [-0.25, -0.2) is 4.99 Å². The second-order valence-electron chi connectivity index (χ2n) is 7.40. The monoisotopic (exact) mass is 550 g/mol. The van der Waals surface area contributed by atoms with Crippen molar-refractivity contribution in [3.63, 3.8) is 0 Å². The normalized spacial score (nSPS) is 12.1. The van der Waals surface area contributed by atoms with Crippen molar-refractivity contribution in [1.29, 1.82) is 0 Å². The van der Waals surface area contributed by atoms with E-state index in [1.807, 2.05) is 74.0 Å². The minimum atomic E-state index is -0.648. The van der Waals surface area contributed by atoms with Gasteiger partial charge in [-0.1, -0.05) is 42.0 Å². The van der Waals surface area contributed by atoms with Crippen molar-refractivity contribution in [1.82, 2.24) is 25.4 Å². The number of rotatable bonds is 8. The standard InChI is InChI=1S/C23H30N6O2.HI/c1-16-6-5-7-19(12-16)21(30)14-25-23(26-15-22-28-27-17(2)29(22)3)24-13-18-8-10-20(31-4)11-9-18;/h5-12,21,30H,13-15H2,1-4H3,(H2,24,25,26);1H. The molecule has 172 valence electrons. The zero-order valence-corrected chi connectivity index (χ0v) is 21.2. The molecule has 0 aliphatic rings. The van der Waals surface area contributed by atoms with E-state index in [2.05, 4.69) is 25.8 Å². The number of aliphatic hydroxyl groups is 1. The molecule has 3 aromatic rings. The minimum Gasteiger partial charge on any atom is -0.497 e. The van der Waals surface area contributed by atoms with Gasteiger partial charge in [-0.05, 0) is 37.1 Å². The van der Waals surface area contributed by atoms with E-state index < -0.39 is 6.10 Å². The maximum Gasteiger partial charge on any atom is 0.192 e. The van der Waals surface area contributed by atoms with E-state index in [-0.39, 0.29) is 24.0 Å². The summed E-state index contributed by atoms with van der Waals surface area (Å²) in [5.41, 5.74) is 3.03. The smallest absolute Gasteiger partial charge is 0.192 e. The summed E-state index contributed by atoms with van der Waals surface area (Å²) in [7, 11) is 3.57. The van der Waals surface area contributed by atoms with Gasteiger partial charge in [0.15, 0.2) is 11.8 Å². The quantitative estimate of drug-likeness (QED) is 0.227. The summed E-state index contributed by atoms with van der Waals surface area (Å²) in [4.78, 5) is 4.67. The van der Waals surface area contributed by atoms with E-state index >= 15 is 0 Å². The summed E-state index contributed by atoms with van der Waals surface area (Å²) in [5.74, 6) is 3.04. The van der Waals surface area contributed by atoms with Crippen LogP contribution in [0.4, 0.5) is 0 Å². The zero-order valence-electron chi connectivity index (χ0n) is 18.9. The van der Waals surface area contributed by atoms with Gasteiger partial charge in [0.1, 0.15) is 11.6 Å². The van der Waals surface area contributed by atoms with Crippen LogP contribution < -0.4 is 15.4 Å². The molecular formula is C23H31IN6O2. The lowest BCUT2D eigenvalue weighted by Crippen LogP contribution is -2.39. The van der Waals surface area contributed by atoms with Gasteiger partial charge >= 0.3 is 0 Å².